The summed E-state index contributed by atoms with van der Waals surface area (Å²) >= 11 is 8.45. The summed E-state index contributed by atoms with van der Waals surface area (Å²) in [5.41, 5.74) is 0. The zero-order valence-corrected chi connectivity index (χ0v) is 7.56. The molecule has 58 valence electrons. The number of ether oxygens (including phenoxy) is 1. The Morgan fingerprint density at radius 3 is 2.90 bits per heavy atom. The Kier molecular flexibility index (Phi) is 2.95. The van der Waals surface area contributed by atoms with Crippen molar-refractivity contribution in [3.63, 3.8) is 0 Å². The number of carbonyl (C=O) groups excluding carboxylic acids is 1. The summed E-state index contributed by atoms with van der Waals surface area (Å²) < 4.78 is 5.12. The quantitative estimate of drug-likeness (QED) is 0.356. The second-order valence-electron chi connectivity index (χ2n) is 1.98. The fourth-order valence-electron chi connectivity index (χ4n) is 0.768. The van der Waals surface area contributed by atoms with Crippen molar-refractivity contribution in [1.82, 2.24) is 4.90 Å². The monoisotopic (exact) mass is 227 g/mol. The standard InChI is InChI=1S/C5H7BrClNO2/c6-4-3-8(5(7)9)1-2-10-4/h4H,1-3H2. The van der Waals surface area contributed by atoms with Gasteiger partial charge in [-0.3, -0.25) is 4.79 Å². The van der Waals surface area contributed by atoms with E-state index in [4.69, 9.17) is 16.3 Å². The number of halogens is 2. The average molecular weight is 228 g/mol. The van der Waals surface area contributed by atoms with Crippen LogP contribution in [0.4, 0.5) is 4.79 Å². The summed E-state index contributed by atoms with van der Waals surface area (Å²) in [5, 5.41) is -0.475. The van der Waals surface area contributed by atoms with E-state index in [1.807, 2.05) is 0 Å². The number of hydrogen-bond donors (Lipinski definition) is 0. The minimum absolute atomic E-state index is 0.0658. The average Bonchev–Trinajstić information content (AvgIpc) is 1.88. The first-order valence-corrected chi connectivity index (χ1v) is 4.19. The second kappa shape index (κ2) is 3.55. The van der Waals surface area contributed by atoms with Gasteiger partial charge in [0.1, 0.15) is 5.01 Å². The molecule has 0 spiro atoms. The van der Waals surface area contributed by atoms with Gasteiger partial charge in [0.05, 0.1) is 13.2 Å². The molecule has 1 fully saturated rings. The van der Waals surface area contributed by atoms with Crippen LogP contribution < -0.4 is 0 Å². The van der Waals surface area contributed by atoms with Crippen LogP contribution in [0.2, 0.25) is 0 Å². The second-order valence-corrected chi connectivity index (χ2v) is 3.32. The van der Waals surface area contributed by atoms with E-state index in [1.54, 1.807) is 0 Å². The highest BCUT2D eigenvalue weighted by atomic mass is 79.9. The predicted octanol–water partition coefficient (Wildman–Crippen LogP) is 1.40. The molecule has 1 heterocycles. The molecule has 5 heteroatoms. The van der Waals surface area contributed by atoms with Gasteiger partial charge in [-0.2, -0.15) is 0 Å². The van der Waals surface area contributed by atoms with Crippen molar-refractivity contribution >= 4 is 32.9 Å². The molecule has 1 aliphatic rings. The van der Waals surface area contributed by atoms with E-state index < -0.39 is 5.37 Å². The topological polar surface area (TPSA) is 29.5 Å². The van der Waals surface area contributed by atoms with Gasteiger partial charge in [-0.05, 0) is 11.6 Å². The van der Waals surface area contributed by atoms with Gasteiger partial charge < -0.3 is 9.64 Å². The zero-order valence-electron chi connectivity index (χ0n) is 5.22. The summed E-state index contributed by atoms with van der Waals surface area (Å²) in [6.07, 6.45) is 0. The van der Waals surface area contributed by atoms with Crippen molar-refractivity contribution in [2.24, 2.45) is 0 Å². The number of alkyl halides is 1. The van der Waals surface area contributed by atoms with Gasteiger partial charge in [-0.1, -0.05) is 15.9 Å². The molecule has 10 heavy (non-hydrogen) atoms. The Balaban J connectivity index is 2.39. The number of carbonyl (C=O) groups is 1. The van der Waals surface area contributed by atoms with Gasteiger partial charge in [-0.15, -0.1) is 0 Å². The summed E-state index contributed by atoms with van der Waals surface area (Å²) in [4.78, 5) is 12.1. The van der Waals surface area contributed by atoms with E-state index in [2.05, 4.69) is 15.9 Å². The highest BCUT2D eigenvalue weighted by Crippen LogP contribution is 2.11. The zero-order chi connectivity index (χ0) is 7.56. The Hall–Kier alpha value is 0.200. The molecule has 0 radical (unpaired) electrons. The van der Waals surface area contributed by atoms with E-state index >= 15 is 0 Å². The Bertz CT molecular complexity index is 144. The molecule has 1 rings (SSSR count). The van der Waals surface area contributed by atoms with E-state index in [1.165, 1.54) is 4.90 Å². The van der Waals surface area contributed by atoms with Gasteiger partial charge in [0.2, 0.25) is 0 Å². The number of rotatable bonds is 0. The van der Waals surface area contributed by atoms with Crippen molar-refractivity contribution in [3.05, 3.63) is 0 Å². The summed E-state index contributed by atoms with van der Waals surface area (Å²) in [6, 6.07) is 0. The summed E-state index contributed by atoms with van der Waals surface area (Å²) in [5.74, 6) is 0. The highest BCUT2D eigenvalue weighted by Gasteiger charge is 2.20. The van der Waals surface area contributed by atoms with Crippen LogP contribution in [-0.2, 0) is 4.74 Å². The first-order chi connectivity index (χ1) is 4.70. The third-order valence-electron chi connectivity index (χ3n) is 1.27. The van der Waals surface area contributed by atoms with Crippen LogP contribution in [-0.4, -0.2) is 35.0 Å². The minimum Gasteiger partial charge on any atom is -0.363 e. The molecule has 0 saturated carbocycles. The lowest BCUT2D eigenvalue weighted by atomic mass is 10.5. The van der Waals surface area contributed by atoms with Gasteiger partial charge in [0.25, 0.3) is 0 Å². The fraction of sp³-hybridized carbons (Fsp3) is 0.800. The molecule has 1 atom stereocenters. The van der Waals surface area contributed by atoms with Gasteiger partial charge in [0.15, 0.2) is 0 Å². The Morgan fingerprint density at radius 1 is 1.80 bits per heavy atom. The first-order valence-electron chi connectivity index (χ1n) is 2.90. The van der Waals surface area contributed by atoms with E-state index in [0.717, 1.165) is 0 Å². The van der Waals surface area contributed by atoms with Gasteiger partial charge in [0, 0.05) is 6.54 Å². The normalized spacial score (nSPS) is 26.6. The van der Waals surface area contributed by atoms with Gasteiger partial charge in [-0.25, -0.2) is 0 Å². The maximum absolute atomic E-state index is 10.6. The van der Waals surface area contributed by atoms with Crippen molar-refractivity contribution in [2.75, 3.05) is 19.7 Å². The van der Waals surface area contributed by atoms with E-state index in [9.17, 15) is 4.79 Å². The van der Waals surface area contributed by atoms with E-state index in [0.29, 0.717) is 19.7 Å². The first kappa shape index (κ1) is 8.30. The molecule has 0 aromatic heterocycles. The van der Waals surface area contributed by atoms with Crippen molar-refractivity contribution in [3.8, 4) is 0 Å². The molecule has 1 aliphatic heterocycles. The number of hydrogen-bond acceptors (Lipinski definition) is 2. The molecule has 1 amide bonds. The molecule has 0 aromatic carbocycles. The molecule has 3 nitrogen and oxygen atoms in total. The van der Waals surface area contributed by atoms with Crippen LogP contribution in [0, 0.1) is 0 Å². The maximum Gasteiger partial charge on any atom is 0.316 e. The SMILES string of the molecule is O=C(Cl)N1CCOC(Br)C1. The fourth-order valence-corrected chi connectivity index (χ4v) is 1.46. The van der Waals surface area contributed by atoms with Crippen LogP contribution >= 0.6 is 27.5 Å². The molecular formula is C5H7BrClNO2. The van der Waals surface area contributed by atoms with Crippen LogP contribution in [0.1, 0.15) is 0 Å². The third-order valence-corrected chi connectivity index (χ3v) is 2.07. The lowest BCUT2D eigenvalue weighted by Crippen LogP contribution is -2.41. The van der Waals surface area contributed by atoms with Crippen molar-refractivity contribution < 1.29 is 9.53 Å². The molecular weight excluding hydrogens is 221 g/mol. The third kappa shape index (κ3) is 2.11. The minimum atomic E-state index is -0.409. The summed E-state index contributed by atoms with van der Waals surface area (Å²) in [6.45, 7) is 1.67. The lowest BCUT2D eigenvalue weighted by molar-refractivity contribution is 0.0422. The number of morpholine rings is 1. The smallest absolute Gasteiger partial charge is 0.316 e. The molecule has 1 saturated heterocycles. The molecule has 1 unspecified atom stereocenters. The Labute approximate surface area is 72.4 Å². The van der Waals surface area contributed by atoms with Crippen LogP contribution in [0.15, 0.2) is 0 Å². The van der Waals surface area contributed by atoms with Crippen molar-refractivity contribution in [2.45, 2.75) is 5.01 Å². The van der Waals surface area contributed by atoms with Crippen LogP contribution in [0.3, 0.4) is 0 Å². The predicted molar refractivity (Wildman–Crippen MR) is 41.5 cm³/mol. The lowest BCUT2D eigenvalue weighted by Gasteiger charge is -2.27. The van der Waals surface area contributed by atoms with Crippen LogP contribution in [0.5, 0.6) is 0 Å². The number of nitrogens with zero attached hydrogens (tertiary/aromatic N) is 1. The molecule has 0 aliphatic carbocycles. The van der Waals surface area contributed by atoms with E-state index in [-0.39, 0.29) is 5.01 Å². The van der Waals surface area contributed by atoms with Gasteiger partial charge >= 0.3 is 5.37 Å². The Morgan fingerprint density at radius 2 is 2.50 bits per heavy atom. The summed E-state index contributed by atoms with van der Waals surface area (Å²) in [7, 11) is 0. The van der Waals surface area contributed by atoms with Crippen molar-refractivity contribution in [1.29, 1.82) is 0 Å². The maximum atomic E-state index is 10.6. The molecule has 0 aromatic rings. The largest absolute Gasteiger partial charge is 0.363 e. The molecule has 0 bridgehead atoms. The molecule has 0 N–H and O–H groups in total. The van der Waals surface area contributed by atoms with Crippen LogP contribution in [0.25, 0.3) is 0 Å². The number of amides is 1. The highest BCUT2D eigenvalue weighted by molar-refractivity contribution is 9.09.